The monoisotopic (exact) mass is 298 g/mol. The van der Waals surface area contributed by atoms with Crippen molar-refractivity contribution in [2.45, 2.75) is 0 Å². The van der Waals surface area contributed by atoms with Gasteiger partial charge in [-0.15, -0.1) is 0 Å². The molecule has 5 heteroatoms. The third-order valence-corrected chi connectivity index (χ3v) is 3.05. The summed E-state index contributed by atoms with van der Waals surface area (Å²) in [6.07, 6.45) is 2.94. The highest BCUT2D eigenvalue weighted by atomic mass is 16.5. The summed E-state index contributed by atoms with van der Waals surface area (Å²) in [6.45, 7) is 0. The summed E-state index contributed by atoms with van der Waals surface area (Å²) >= 11 is 0. The normalized spacial score (nSPS) is 10.6. The molecule has 2 rings (SSSR count). The summed E-state index contributed by atoms with van der Waals surface area (Å²) in [7, 11) is 1.43. The molecule has 0 radical (unpaired) electrons. The van der Waals surface area contributed by atoms with Gasteiger partial charge in [0.2, 0.25) is 0 Å². The van der Waals surface area contributed by atoms with Crippen molar-refractivity contribution in [1.29, 1.82) is 0 Å². The van der Waals surface area contributed by atoms with Gasteiger partial charge in [-0.05, 0) is 42.0 Å². The zero-order valence-electron chi connectivity index (χ0n) is 11.8. The molecule has 112 valence electrons. The number of aromatic hydroxyl groups is 1. The molecule has 0 aromatic heterocycles. The lowest BCUT2D eigenvalue weighted by atomic mass is 10.1. The van der Waals surface area contributed by atoms with Gasteiger partial charge < -0.3 is 14.9 Å². The van der Waals surface area contributed by atoms with Crippen LogP contribution in [0.4, 0.5) is 0 Å². The van der Waals surface area contributed by atoms with Gasteiger partial charge in [0.05, 0.1) is 12.7 Å². The molecule has 0 aliphatic rings. The number of ketones is 1. The molecule has 0 atom stereocenters. The van der Waals surface area contributed by atoms with Crippen molar-refractivity contribution in [3.8, 4) is 11.5 Å². The van der Waals surface area contributed by atoms with Crippen LogP contribution >= 0.6 is 0 Å². The van der Waals surface area contributed by atoms with Crippen LogP contribution in [-0.4, -0.2) is 29.1 Å². The molecule has 0 spiro atoms. The van der Waals surface area contributed by atoms with E-state index in [0.717, 1.165) is 0 Å². The molecule has 0 fully saturated rings. The van der Waals surface area contributed by atoms with Gasteiger partial charge >= 0.3 is 5.97 Å². The molecular weight excluding hydrogens is 284 g/mol. The van der Waals surface area contributed by atoms with Crippen LogP contribution in [0.1, 0.15) is 26.3 Å². The maximum Gasteiger partial charge on any atom is 0.335 e. The number of phenols is 1. The van der Waals surface area contributed by atoms with Gasteiger partial charge in [-0.1, -0.05) is 18.2 Å². The quantitative estimate of drug-likeness (QED) is 0.655. The van der Waals surface area contributed by atoms with Gasteiger partial charge in [0.1, 0.15) is 0 Å². The van der Waals surface area contributed by atoms with Gasteiger partial charge in [-0.3, -0.25) is 4.79 Å². The number of ether oxygens (including phenoxy) is 1. The summed E-state index contributed by atoms with van der Waals surface area (Å²) in [5, 5.41) is 18.5. The maximum atomic E-state index is 12.0. The van der Waals surface area contributed by atoms with Crippen LogP contribution < -0.4 is 4.74 Å². The number of phenolic OH excluding ortho intramolecular Hbond substituents is 1. The average Bonchev–Trinajstić information content (AvgIpc) is 2.52. The van der Waals surface area contributed by atoms with E-state index in [2.05, 4.69) is 0 Å². The van der Waals surface area contributed by atoms with Crippen LogP contribution in [-0.2, 0) is 0 Å². The predicted octanol–water partition coefficient (Wildman–Crippen LogP) is 3.00. The zero-order chi connectivity index (χ0) is 16.1. The first-order valence-corrected chi connectivity index (χ1v) is 6.44. The van der Waals surface area contributed by atoms with E-state index in [0.29, 0.717) is 16.9 Å². The second kappa shape index (κ2) is 6.58. The average molecular weight is 298 g/mol. The number of aromatic carboxylic acids is 1. The highest BCUT2D eigenvalue weighted by Gasteiger charge is 2.07. The fourth-order valence-corrected chi connectivity index (χ4v) is 1.85. The molecule has 2 aromatic carbocycles. The Morgan fingerprint density at radius 3 is 2.23 bits per heavy atom. The fourth-order valence-electron chi connectivity index (χ4n) is 1.85. The molecule has 0 heterocycles. The predicted molar refractivity (Wildman–Crippen MR) is 81.4 cm³/mol. The number of hydrogen-bond acceptors (Lipinski definition) is 4. The minimum atomic E-state index is -1.000. The summed E-state index contributed by atoms with van der Waals surface area (Å²) in [5.74, 6) is -1.09. The van der Waals surface area contributed by atoms with Crippen molar-refractivity contribution in [2.24, 2.45) is 0 Å². The Balaban J connectivity index is 2.14. The third kappa shape index (κ3) is 3.52. The molecule has 0 saturated carbocycles. The Kier molecular flexibility index (Phi) is 4.58. The Morgan fingerprint density at radius 2 is 1.68 bits per heavy atom. The van der Waals surface area contributed by atoms with Crippen molar-refractivity contribution in [1.82, 2.24) is 0 Å². The molecule has 5 nitrogen and oxygen atoms in total. The van der Waals surface area contributed by atoms with E-state index >= 15 is 0 Å². The van der Waals surface area contributed by atoms with Gasteiger partial charge in [0.15, 0.2) is 17.3 Å². The summed E-state index contributed by atoms with van der Waals surface area (Å²) < 4.78 is 4.91. The molecular formula is C17H14O5. The van der Waals surface area contributed by atoms with Crippen LogP contribution in [0.15, 0.2) is 48.5 Å². The van der Waals surface area contributed by atoms with Crippen LogP contribution in [0.25, 0.3) is 6.08 Å². The minimum absolute atomic E-state index is 0.104. The number of methoxy groups -OCH3 is 1. The maximum absolute atomic E-state index is 12.0. The number of carbonyl (C=O) groups excluding carboxylic acids is 1. The number of benzene rings is 2. The lowest BCUT2D eigenvalue weighted by Gasteiger charge is -2.04. The second-order valence-corrected chi connectivity index (χ2v) is 4.51. The van der Waals surface area contributed by atoms with E-state index in [-0.39, 0.29) is 17.1 Å². The number of carboxylic acids is 1. The van der Waals surface area contributed by atoms with Crippen LogP contribution in [0, 0.1) is 0 Å². The minimum Gasteiger partial charge on any atom is -0.504 e. The Labute approximate surface area is 127 Å². The highest BCUT2D eigenvalue weighted by molar-refractivity contribution is 6.07. The Morgan fingerprint density at radius 1 is 1.05 bits per heavy atom. The molecule has 22 heavy (non-hydrogen) atoms. The first kappa shape index (κ1) is 15.3. The number of carboxylic acid groups (broad SMARTS) is 1. The van der Waals surface area contributed by atoms with E-state index in [9.17, 15) is 14.7 Å². The van der Waals surface area contributed by atoms with Crippen LogP contribution in [0.5, 0.6) is 11.5 Å². The van der Waals surface area contributed by atoms with Gasteiger partial charge in [-0.25, -0.2) is 4.79 Å². The first-order chi connectivity index (χ1) is 10.5. The topological polar surface area (TPSA) is 83.8 Å². The van der Waals surface area contributed by atoms with E-state index < -0.39 is 5.97 Å². The lowest BCUT2D eigenvalue weighted by Crippen LogP contribution is -1.96. The molecule has 2 N–H and O–H groups in total. The first-order valence-electron chi connectivity index (χ1n) is 6.44. The molecule has 0 aliphatic carbocycles. The molecule has 0 bridgehead atoms. The molecule has 0 saturated heterocycles. The van der Waals surface area contributed by atoms with Crippen molar-refractivity contribution >= 4 is 17.8 Å². The number of rotatable bonds is 5. The zero-order valence-corrected chi connectivity index (χ0v) is 11.8. The molecule has 0 amide bonds. The van der Waals surface area contributed by atoms with Crippen molar-refractivity contribution in [3.05, 3.63) is 65.2 Å². The fraction of sp³-hybridized carbons (Fsp3) is 0.0588. The van der Waals surface area contributed by atoms with Gasteiger partial charge in [0, 0.05) is 5.56 Å². The van der Waals surface area contributed by atoms with E-state index in [1.165, 1.54) is 37.5 Å². The Bertz CT molecular complexity index is 729. The molecule has 2 aromatic rings. The van der Waals surface area contributed by atoms with Gasteiger partial charge in [0.25, 0.3) is 0 Å². The molecule has 0 aliphatic heterocycles. The SMILES string of the molecule is COc1ccc(C(=O)C=Cc2ccc(C(=O)O)cc2)cc1O. The number of carbonyl (C=O) groups is 2. The summed E-state index contributed by atoms with van der Waals surface area (Å²) in [6, 6.07) is 10.5. The standard InChI is InChI=1S/C17H14O5/c1-22-16-9-7-13(10-15(16)19)14(18)8-4-11-2-5-12(6-3-11)17(20)21/h2-10,19H,1H3,(H,20,21). The smallest absolute Gasteiger partial charge is 0.335 e. The largest absolute Gasteiger partial charge is 0.504 e. The van der Waals surface area contributed by atoms with E-state index in [1.54, 1.807) is 24.3 Å². The van der Waals surface area contributed by atoms with Gasteiger partial charge in [-0.2, -0.15) is 0 Å². The number of allylic oxidation sites excluding steroid dienone is 1. The summed E-state index contributed by atoms with van der Waals surface area (Å²) in [5.41, 5.74) is 1.22. The van der Waals surface area contributed by atoms with Crippen LogP contribution in [0.2, 0.25) is 0 Å². The molecule has 0 unspecified atom stereocenters. The van der Waals surface area contributed by atoms with Crippen LogP contribution in [0.3, 0.4) is 0 Å². The lowest BCUT2D eigenvalue weighted by molar-refractivity contribution is 0.0696. The van der Waals surface area contributed by atoms with Crippen molar-refractivity contribution < 1.29 is 24.5 Å². The second-order valence-electron chi connectivity index (χ2n) is 4.51. The van der Waals surface area contributed by atoms with E-state index in [1.807, 2.05) is 0 Å². The highest BCUT2D eigenvalue weighted by Crippen LogP contribution is 2.26. The third-order valence-electron chi connectivity index (χ3n) is 3.05. The van der Waals surface area contributed by atoms with Crippen molar-refractivity contribution in [3.63, 3.8) is 0 Å². The van der Waals surface area contributed by atoms with Crippen molar-refractivity contribution in [2.75, 3.05) is 7.11 Å². The number of hydrogen-bond donors (Lipinski definition) is 2. The summed E-state index contributed by atoms with van der Waals surface area (Å²) in [4.78, 5) is 22.8. The Hall–Kier alpha value is -3.08. The van der Waals surface area contributed by atoms with E-state index in [4.69, 9.17) is 9.84 Å².